The van der Waals surface area contributed by atoms with Crippen LogP contribution in [0, 0.1) is 6.92 Å². The van der Waals surface area contributed by atoms with Crippen molar-refractivity contribution in [1.82, 2.24) is 0 Å². The van der Waals surface area contributed by atoms with Crippen LogP contribution >= 0.6 is 0 Å². The molecule has 0 aliphatic carbocycles. The maximum absolute atomic E-state index is 12.9. The Morgan fingerprint density at radius 2 is 1.61 bits per heavy atom. The number of carbonyl (C=O) groups excluding carboxylic acids is 1. The van der Waals surface area contributed by atoms with E-state index >= 15 is 0 Å². The smallest absolute Gasteiger partial charge is 0.291 e. The summed E-state index contributed by atoms with van der Waals surface area (Å²) in [6.45, 7) is 8.87. The van der Waals surface area contributed by atoms with Crippen molar-refractivity contribution < 1.29 is 28.2 Å². The molecule has 1 N–H and O–H groups in total. The van der Waals surface area contributed by atoms with Crippen molar-refractivity contribution in [2.75, 3.05) is 26.6 Å². The molecule has 3 aromatic rings. The quantitative estimate of drug-likeness (QED) is 0.411. The Morgan fingerprint density at radius 1 is 0.939 bits per heavy atom. The molecule has 0 saturated heterocycles. The number of methoxy groups -OCH3 is 3. The van der Waals surface area contributed by atoms with Crippen molar-refractivity contribution in [3.63, 3.8) is 0 Å². The second-order valence-corrected chi connectivity index (χ2v) is 13.4. The molecule has 7 nitrogen and oxygen atoms in total. The molecular formula is C25H31NO6Si. The predicted molar refractivity (Wildman–Crippen MR) is 132 cm³/mol. The number of nitrogens with one attached hydrogen (secondary N) is 1. The highest BCUT2D eigenvalue weighted by atomic mass is 28.3. The first-order valence-electron chi connectivity index (χ1n) is 10.7. The first kappa shape index (κ1) is 24.3. The molecule has 0 aliphatic rings. The van der Waals surface area contributed by atoms with Crippen LogP contribution < -0.4 is 29.5 Å². The van der Waals surface area contributed by atoms with Gasteiger partial charge in [0.2, 0.25) is 0 Å². The second kappa shape index (κ2) is 10.0. The number of anilines is 1. The Labute approximate surface area is 195 Å². The molecule has 3 rings (SSSR count). The summed E-state index contributed by atoms with van der Waals surface area (Å²) >= 11 is 0. The minimum absolute atomic E-state index is 0.0991. The SMILES string of the molecule is CC[Si](C)(C)c1ccc(C)c(Oc2ccc(C(=O)Nc3c(OC)cc(OC)cc3OC)o2)c1. The first-order chi connectivity index (χ1) is 15.7. The van der Waals surface area contributed by atoms with Crippen molar-refractivity contribution in [3.8, 4) is 28.9 Å². The standard InChI is InChI=1S/C25H31NO6Si/c1-8-33(6,7)18-10-9-16(2)20(15-18)32-23-12-11-19(31-23)25(27)26-24-21(29-4)13-17(28-3)14-22(24)30-5/h9-15H,8H2,1-7H3,(H,26,27). The monoisotopic (exact) mass is 469 g/mol. The molecule has 1 amide bonds. The molecule has 33 heavy (non-hydrogen) atoms. The average Bonchev–Trinajstić information content (AvgIpc) is 3.29. The van der Waals surface area contributed by atoms with Gasteiger partial charge in [0.15, 0.2) is 5.76 Å². The third kappa shape index (κ3) is 5.34. The van der Waals surface area contributed by atoms with Gasteiger partial charge in [0, 0.05) is 18.2 Å². The Kier molecular flexibility index (Phi) is 7.38. The van der Waals surface area contributed by atoms with E-state index in [1.807, 2.05) is 6.92 Å². The molecule has 0 aliphatic heterocycles. The van der Waals surface area contributed by atoms with Crippen LogP contribution in [0.3, 0.4) is 0 Å². The van der Waals surface area contributed by atoms with Gasteiger partial charge >= 0.3 is 0 Å². The molecule has 1 aromatic heterocycles. The normalized spacial score (nSPS) is 11.1. The number of aryl methyl sites for hydroxylation is 1. The van der Waals surface area contributed by atoms with Crippen LogP contribution in [0.5, 0.6) is 28.9 Å². The minimum atomic E-state index is -1.51. The maximum atomic E-state index is 12.9. The predicted octanol–water partition coefficient (Wildman–Crippen LogP) is 5.59. The summed E-state index contributed by atoms with van der Waals surface area (Å²) < 4.78 is 27.7. The summed E-state index contributed by atoms with van der Waals surface area (Å²) in [6, 6.07) is 14.0. The number of amides is 1. The van der Waals surface area contributed by atoms with Crippen molar-refractivity contribution in [1.29, 1.82) is 0 Å². The van der Waals surface area contributed by atoms with Gasteiger partial charge in [-0.05, 0) is 24.6 Å². The number of hydrogen-bond donors (Lipinski definition) is 1. The van der Waals surface area contributed by atoms with Crippen molar-refractivity contribution in [3.05, 3.63) is 53.8 Å². The van der Waals surface area contributed by atoms with Gasteiger partial charge in [-0.15, -0.1) is 0 Å². The summed E-state index contributed by atoms with van der Waals surface area (Å²) in [5, 5.41) is 4.10. The zero-order valence-electron chi connectivity index (χ0n) is 20.2. The molecule has 2 aromatic carbocycles. The van der Waals surface area contributed by atoms with E-state index in [1.54, 1.807) is 31.4 Å². The van der Waals surface area contributed by atoms with Gasteiger partial charge in [0.25, 0.3) is 11.9 Å². The Balaban J connectivity index is 1.82. The molecule has 0 radical (unpaired) electrons. The second-order valence-electron chi connectivity index (χ2n) is 8.30. The van der Waals surface area contributed by atoms with Crippen LogP contribution in [-0.4, -0.2) is 35.3 Å². The fourth-order valence-corrected chi connectivity index (χ4v) is 4.71. The van der Waals surface area contributed by atoms with Crippen LogP contribution in [0.4, 0.5) is 5.69 Å². The van der Waals surface area contributed by atoms with E-state index in [9.17, 15) is 4.79 Å². The van der Waals surface area contributed by atoms with Gasteiger partial charge in [-0.25, -0.2) is 0 Å². The molecule has 0 saturated carbocycles. The highest BCUT2D eigenvalue weighted by Gasteiger charge is 2.23. The van der Waals surface area contributed by atoms with E-state index in [4.69, 9.17) is 23.4 Å². The van der Waals surface area contributed by atoms with Crippen molar-refractivity contribution >= 4 is 24.9 Å². The van der Waals surface area contributed by atoms with Crippen molar-refractivity contribution in [2.24, 2.45) is 0 Å². The fraction of sp³-hybridized carbons (Fsp3) is 0.320. The van der Waals surface area contributed by atoms with Gasteiger partial charge in [-0.2, -0.15) is 0 Å². The van der Waals surface area contributed by atoms with Crippen molar-refractivity contribution in [2.45, 2.75) is 33.0 Å². The van der Waals surface area contributed by atoms with E-state index in [0.717, 1.165) is 17.4 Å². The number of hydrogen-bond acceptors (Lipinski definition) is 6. The lowest BCUT2D eigenvalue weighted by molar-refractivity contribution is 0.0991. The molecule has 1 heterocycles. The lowest BCUT2D eigenvalue weighted by atomic mass is 10.2. The van der Waals surface area contributed by atoms with Crippen LogP contribution in [0.15, 0.2) is 46.9 Å². The molecular weight excluding hydrogens is 438 g/mol. The van der Waals surface area contributed by atoms with Crippen LogP contribution in [0.25, 0.3) is 0 Å². The molecule has 0 unspecified atom stereocenters. The first-order valence-corrected chi connectivity index (χ1v) is 13.9. The summed E-state index contributed by atoms with van der Waals surface area (Å²) in [4.78, 5) is 12.9. The molecule has 0 fully saturated rings. The number of benzene rings is 2. The fourth-order valence-electron chi connectivity index (χ4n) is 3.24. The number of rotatable bonds is 9. The van der Waals surface area contributed by atoms with Gasteiger partial charge in [0.1, 0.15) is 28.7 Å². The summed E-state index contributed by atoms with van der Waals surface area (Å²) in [5.41, 5.74) is 1.37. The summed E-state index contributed by atoms with van der Waals surface area (Å²) in [7, 11) is 3.03. The van der Waals surface area contributed by atoms with Gasteiger partial charge in [-0.3, -0.25) is 4.79 Å². The minimum Gasteiger partial charge on any atom is -0.496 e. The molecule has 8 heteroatoms. The average molecular weight is 470 g/mol. The Hall–Kier alpha value is -3.39. The number of furan rings is 1. The largest absolute Gasteiger partial charge is 0.496 e. The van der Waals surface area contributed by atoms with E-state index in [2.05, 4.69) is 43.5 Å². The Morgan fingerprint density at radius 3 is 2.18 bits per heavy atom. The van der Waals surface area contributed by atoms with Crippen LogP contribution in [0.1, 0.15) is 23.0 Å². The third-order valence-corrected chi connectivity index (χ3v) is 9.46. The van der Waals surface area contributed by atoms with E-state index < -0.39 is 14.0 Å². The van der Waals surface area contributed by atoms with E-state index in [-0.39, 0.29) is 11.7 Å². The topological polar surface area (TPSA) is 79.2 Å². The lowest BCUT2D eigenvalue weighted by Gasteiger charge is -2.22. The summed E-state index contributed by atoms with van der Waals surface area (Å²) in [6.07, 6.45) is 0. The molecule has 0 spiro atoms. The maximum Gasteiger partial charge on any atom is 0.291 e. The third-order valence-electron chi connectivity index (χ3n) is 5.82. The number of carbonyl (C=O) groups is 1. The lowest BCUT2D eigenvalue weighted by Crippen LogP contribution is -2.40. The molecule has 0 bridgehead atoms. The highest BCUT2D eigenvalue weighted by molar-refractivity contribution is 6.89. The van der Waals surface area contributed by atoms with Crippen LogP contribution in [-0.2, 0) is 0 Å². The highest BCUT2D eigenvalue weighted by Crippen LogP contribution is 2.39. The number of ether oxygens (including phenoxy) is 4. The van der Waals surface area contributed by atoms with Gasteiger partial charge < -0.3 is 28.7 Å². The van der Waals surface area contributed by atoms with Gasteiger partial charge in [0.05, 0.1) is 29.4 Å². The zero-order valence-corrected chi connectivity index (χ0v) is 21.2. The molecule has 0 atom stereocenters. The van der Waals surface area contributed by atoms with E-state index in [0.29, 0.717) is 22.9 Å². The summed E-state index contributed by atoms with van der Waals surface area (Å²) in [5.74, 6) is 1.95. The van der Waals surface area contributed by atoms with Crippen LogP contribution in [0.2, 0.25) is 19.1 Å². The van der Waals surface area contributed by atoms with Gasteiger partial charge in [-0.1, -0.05) is 43.4 Å². The molecule has 176 valence electrons. The zero-order chi connectivity index (χ0) is 24.2. The van der Waals surface area contributed by atoms with E-state index in [1.165, 1.54) is 19.4 Å². The Bertz CT molecular complexity index is 1110.